The maximum Gasteiger partial charge on any atom is 0.0515 e. The van der Waals surface area contributed by atoms with E-state index in [4.69, 9.17) is 29.0 Å². The molecule has 5 heteroatoms. The molecule has 1 aromatic heterocycles. The largest absolute Gasteiger partial charge is 0.271 e. The van der Waals surface area contributed by atoms with Crippen LogP contribution in [0.2, 0.25) is 10.0 Å². The van der Waals surface area contributed by atoms with E-state index < -0.39 is 0 Å². The number of benzene rings is 2. The smallest absolute Gasteiger partial charge is 0.0515 e. The molecule has 0 amide bonds. The van der Waals surface area contributed by atoms with Gasteiger partial charge in [0.25, 0.3) is 0 Å². The van der Waals surface area contributed by atoms with Gasteiger partial charge in [-0.25, -0.2) is 0 Å². The van der Waals surface area contributed by atoms with Gasteiger partial charge >= 0.3 is 0 Å². The molecular weight excluding hydrogens is 323 g/mol. The summed E-state index contributed by atoms with van der Waals surface area (Å²) in [6.07, 6.45) is 0.780. The van der Waals surface area contributed by atoms with Crippen LogP contribution in [0.25, 0.3) is 10.1 Å². The highest BCUT2D eigenvalue weighted by molar-refractivity contribution is 7.17. The Kier molecular flexibility index (Phi) is 4.48. The number of hydrogen-bond donors (Lipinski definition) is 2. The summed E-state index contributed by atoms with van der Waals surface area (Å²) < 4.78 is 1.28. The second kappa shape index (κ2) is 6.34. The quantitative estimate of drug-likeness (QED) is 0.522. The van der Waals surface area contributed by atoms with Crippen LogP contribution in [0.1, 0.15) is 17.2 Å². The number of hydrogen-bond acceptors (Lipinski definition) is 3. The van der Waals surface area contributed by atoms with Gasteiger partial charge in [-0.05, 0) is 46.5 Å². The van der Waals surface area contributed by atoms with E-state index in [0.717, 1.165) is 12.0 Å². The van der Waals surface area contributed by atoms with Crippen molar-refractivity contribution in [3.05, 3.63) is 69.0 Å². The number of hydrazine groups is 1. The van der Waals surface area contributed by atoms with Crippen LogP contribution in [-0.4, -0.2) is 0 Å². The summed E-state index contributed by atoms with van der Waals surface area (Å²) in [5.41, 5.74) is 5.08. The fourth-order valence-electron chi connectivity index (χ4n) is 2.45. The predicted molar refractivity (Wildman–Crippen MR) is 92.1 cm³/mol. The van der Waals surface area contributed by atoms with Gasteiger partial charge in [0.15, 0.2) is 0 Å². The van der Waals surface area contributed by atoms with Crippen molar-refractivity contribution < 1.29 is 0 Å². The lowest BCUT2D eigenvalue weighted by atomic mass is 9.99. The van der Waals surface area contributed by atoms with Crippen LogP contribution in [0.15, 0.2) is 47.8 Å². The topological polar surface area (TPSA) is 38.0 Å². The van der Waals surface area contributed by atoms with Gasteiger partial charge in [0.05, 0.1) is 6.04 Å². The van der Waals surface area contributed by atoms with Gasteiger partial charge in [-0.1, -0.05) is 47.5 Å². The maximum absolute atomic E-state index is 6.28. The van der Waals surface area contributed by atoms with Crippen LogP contribution in [0.4, 0.5) is 0 Å². The van der Waals surface area contributed by atoms with Crippen LogP contribution in [0.5, 0.6) is 0 Å². The third-order valence-electron chi connectivity index (χ3n) is 3.52. The van der Waals surface area contributed by atoms with Gasteiger partial charge in [0, 0.05) is 14.7 Å². The molecule has 1 heterocycles. The van der Waals surface area contributed by atoms with Crippen LogP contribution < -0.4 is 11.3 Å². The minimum absolute atomic E-state index is 0.0484. The molecule has 0 bridgehead atoms. The first-order valence-electron chi connectivity index (χ1n) is 6.55. The summed E-state index contributed by atoms with van der Waals surface area (Å²) in [7, 11) is 0. The van der Waals surface area contributed by atoms with E-state index >= 15 is 0 Å². The average Bonchev–Trinajstić information content (AvgIpc) is 2.89. The molecule has 0 spiro atoms. The third-order valence-corrected chi connectivity index (χ3v) is 5.10. The van der Waals surface area contributed by atoms with Crippen molar-refractivity contribution in [1.29, 1.82) is 0 Å². The van der Waals surface area contributed by atoms with Gasteiger partial charge in [-0.15, -0.1) is 11.3 Å². The van der Waals surface area contributed by atoms with Crippen LogP contribution >= 0.6 is 34.5 Å². The summed E-state index contributed by atoms with van der Waals surface area (Å²) in [6, 6.07) is 13.8. The first kappa shape index (κ1) is 14.8. The number of halogens is 2. The second-order valence-electron chi connectivity index (χ2n) is 4.85. The Morgan fingerprint density at radius 3 is 2.71 bits per heavy atom. The molecule has 3 rings (SSSR count). The Labute approximate surface area is 137 Å². The number of nitrogens with one attached hydrogen (secondary N) is 1. The van der Waals surface area contributed by atoms with Gasteiger partial charge in [0.2, 0.25) is 0 Å². The minimum Gasteiger partial charge on any atom is -0.271 e. The first-order chi connectivity index (χ1) is 10.2. The zero-order chi connectivity index (χ0) is 14.8. The molecule has 0 saturated carbocycles. The van der Waals surface area contributed by atoms with E-state index in [1.807, 2.05) is 12.1 Å². The monoisotopic (exact) mass is 336 g/mol. The summed E-state index contributed by atoms with van der Waals surface area (Å²) in [6.45, 7) is 0. The SMILES string of the molecule is NNC(Cc1csc2ccccc12)c1ccc(Cl)cc1Cl. The maximum atomic E-state index is 6.28. The van der Waals surface area contributed by atoms with E-state index in [1.165, 1.54) is 15.6 Å². The van der Waals surface area contributed by atoms with Crippen molar-refractivity contribution in [2.45, 2.75) is 12.5 Å². The molecule has 108 valence electrons. The van der Waals surface area contributed by atoms with E-state index in [9.17, 15) is 0 Å². The Balaban J connectivity index is 1.94. The number of nitrogens with two attached hydrogens (primary N) is 1. The van der Waals surface area contributed by atoms with Crippen molar-refractivity contribution >= 4 is 44.6 Å². The normalized spacial score (nSPS) is 12.7. The molecule has 0 radical (unpaired) electrons. The highest BCUT2D eigenvalue weighted by Gasteiger charge is 2.16. The zero-order valence-electron chi connectivity index (χ0n) is 11.1. The van der Waals surface area contributed by atoms with E-state index in [2.05, 4.69) is 35.1 Å². The molecule has 1 atom stereocenters. The fourth-order valence-corrected chi connectivity index (χ4v) is 3.97. The molecule has 0 fully saturated rings. The van der Waals surface area contributed by atoms with Crippen molar-refractivity contribution in [2.24, 2.45) is 5.84 Å². The third kappa shape index (κ3) is 3.07. The summed E-state index contributed by atoms with van der Waals surface area (Å²) in [4.78, 5) is 0. The Bertz CT molecular complexity index is 770. The Hall–Kier alpha value is -1.10. The summed E-state index contributed by atoms with van der Waals surface area (Å²) in [5.74, 6) is 5.73. The lowest BCUT2D eigenvalue weighted by molar-refractivity contribution is 0.554. The summed E-state index contributed by atoms with van der Waals surface area (Å²) >= 11 is 14.0. The Morgan fingerprint density at radius 2 is 1.95 bits per heavy atom. The molecule has 1 unspecified atom stereocenters. The van der Waals surface area contributed by atoms with Crippen molar-refractivity contribution in [1.82, 2.24) is 5.43 Å². The fraction of sp³-hybridized carbons (Fsp3) is 0.125. The van der Waals surface area contributed by atoms with Gasteiger partial charge in [-0.2, -0.15) is 0 Å². The zero-order valence-corrected chi connectivity index (χ0v) is 13.5. The lowest BCUT2D eigenvalue weighted by Crippen LogP contribution is -2.29. The molecule has 0 aliphatic carbocycles. The molecule has 21 heavy (non-hydrogen) atoms. The number of thiophene rings is 1. The molecule has 3 N–H and O–H groups in total. The van der Waals surface area contributed by atoms with Gasteiger partial charge in [-0.3, -0.25) is 11.3 Å². The van der Waals surface area contributed by atoms with Gasteiger partial charge in [0.1, 0.15) is 0 Å². The summed E-state index contributed by atoms with van der Waals surface area (Å²) in [5, 5.41) is 4.71. The van der Waals surface area contributed by atoms with E-state index in [1.54, 1.807) is 17.4 Å². The second-order valence-corrected chi connectivity index (χ2v) is 6.60. The standard InChI is InChI=1S/C16H14Cl2N2S/c17-11-5-6-13(14(18)8-11)15(20-19)7-10-9-21-16-4-2-1-3-12(10)16/h1-6,8-9,15,20H,7,19H2. The highest BCUT2D eigenvalue weighted by Crippen LogP contribution is 2.32. The molecule has 2 aromatic carbocycles. The van der Waals surface area contributed by atoms with E-state index in [-0.39, 0.29) is 6.04 Å². The molecule has 2 nitrogen and oxygen atoms in total. The number of fused-ring (bicyclic) bond motifs is 1. The van der Waals surface area contributed by atoms with Crippen molar-refractivity contribution in [3.8, 4) is 0 Å². The van der Waals surface area contributed by atoms with Crippen molar-refractivity contribution in [2.75, 3.05) is 0 Å². The molecule has 3 aromatic rings. The molecule has 0 aliphatic rings. The lowest BCUT2D eigenvalue weighted by Gasteiger charge is -2.17. The average molecular weight is 337 g/mol. The minimum atomic E-state index is -0.0484. The van der Waals surface area contributed by atoms with Crippen LogP contribution in [0, 0.1) is 0 Å². The van der Waals surface area contributed by atoms with E-state index in [0.29, 0.717) is 10.0 Å². The van der Waals surface area contributed by atoms with Crippen LogP contribution in [0.3, 0.4) is 0 Å². The molecule has 0 saturated heterocycles. The number of rotatable bonds is 4. The van der Waals surface area contributed by atoms with Crippen molar-refractivity contribution in [3.63, 3.8) is 0 Å². The molecular formula is C16H14Cl2N2S. The molecule has 0 aliphatic heterocycles. The van der Waals surface area contributed by atoms with Crippen LogP contribution in [-0.2, 0) is 6.42 Å². The highest BCUT2D eigenvalue weighted by atomic mass is 35.5. The first-order valence-corrected chi connectivity index (χ1v) is 8.19. The predicted octanol–water partition coefficient (Wildman–Crippen LogP) is 4.96. The van der Waals surface area contributed by atoms with Gasteiger partial charge < -0.3 is 0 Å². The Morgan fingerprint density at radius 1 is 1.14 bits per heavy atom.